The fourth-order valence-corrected chi connectivity index (χ4v) is 2.77. The Hall–Kier alpha value is -1.78. The highest BCUT2D eigenvalue weighted by Gasteiger charge is 2.26. The number of hydrogen-bond donors (Lipinski definition) is 1. The van der Waals surface area contributed by atoms with Crippen molar-refractivity contribution in [1.82, 2.24) is 10.2 Å². The second-order valence-corrected chi connectivity index (χ2v) is 5.60. The van der Waals surface area contributed by atoms with Crippen molar-refractivity contribution in [3.05, 3.63) is 47.2 Å². The van der Waals surface area contributed by atoms with Crippen LogP contribution in [0.2, 0.25) is 5.02 Å². The van der Waals surface area contributed by atoms with Gasteiger partial charge in [0.05, 0.1) is 5.02 Å². The van der Waals surface area contributed by atoms with Crippen LogP contribution in [0.15, 0.2) is 40.8 Å². The molecule has 5 heteroatoms. The van der Waals surface area contributed by atoms with Crippen LogP contribution < -0.4 is 5.32 Å². The standard InChI is InChI=1S/C16H17ClN2O2/c1-11-10-18-8-9-19(11)16(20)15-7-6-14(21-15)12-4-2-3-5-13(12)17/h2-7,11,18H,8-10H2,1H3/t11-/m0/s1. The molecule has 110 valence electrons. The van der Waals surface area contributed by atoms with Crippen molar-refractivity contribution in [2.45, 2.75) is 13.0 Å². The van der Waals surface area contributed by atoms with Crippen LogP contribution in [0, 0.1) is 0 Å². The number of hydrogen-bond acceptors (Lipinski definition) is 3. The average molecular weight is 305 g/mol. The first-order valence-corrected chi connectivity index (χ1v) is 7.41. The number of furan rings is 1. The molecular formula is C16H17ClN2O2. The van der Waals surface area contributed by atoms with E-state index in [4.69, 9.17) is 16.0 Å². The second-order valence-electron chi connectivity index (χ2n) is 5.20. The molecule has 0 spiro atoms. The Labute approximate surface area is 128 Å². The zero-order chi connectivity index (χ0) is 14.8. The molecule has 1 aromatic heterocycles. The van der Waals surface area contributed by atoms with Crippen molar-refractivity contribution in [2.75, 3.05) is 19.6 Å². The number of piperazine rings is 1. The smallest absolute Gasteiger partial charge is 0.289 e. The molecule has 0 bridgehead atoms. The van der Waals surface area contributed by atoms with Crippen molar-refractivity contribution in [1.29, 1.82) is 0 Å². The molecule has 21 heavy (non-hydrogen) atoms. The Morgan fingerprint density at radius 1 is 1.33 bits per heavy atom. The number of carbonyl (C=O) groups excluding carboxylic acids is 1. The van der Waals surface area contributed by atoms with Crippen molar-refractivity contribution < 1.29 is 9.21 Å². The highest BCUT2D eigenvalue weighted by molar-refractivity contribution is 6.33. The summed E-state index contributed by atoms with van der Waals surface area (Å²) in [5.41, 5.74) is 0.798. The molecule has 1 aliphatic rings. The molecule has 4 nitrogen and oxygen atoms in total. The number of nitrogens with zero attached hydrogens (tertiary/aromatic N) is 1. The van der Waals surface area contributed by atoms with Gasteiger partial charge in [-0.1, -0.05) is 23.7 Å². The highest BCUT2D eigenvalue weighted by atomic mass is 35.5. The van der Waals surface area contributed by atoms with E-state index in [0.717, 1.165) is 18.7 Å². The van der Waals surface area contributed by atoms with Gasteiger partial charge >= 0.3 is 0 Å². The molecule has 0 saturated carbocycles. The van der Waals surface area contributed by atoms with Gasteiger partial charge in [-0.2, -0.15) is 0 Å². The first-order chi connectivity index (χ1) is 10.2. The van der Waals surface area contributed by atoms with Crippen LogP contribution in [0.3, 0.4) is 0 Å². The number of nitrogens with one attached hydrogen (secondary N) is 1. The molecular weight excluding hydrogens is 288 g/mol. The maximum absolute atomic E-state index is 12.5. The van der Waals surface area contributed by atoms with Crippen LogP contribution in [0.25, 0.3) is 11.3 Å². The lowest BCUT2D eigenvalue weighted by Gasteiger charge is -2.33. The Morgan fingerprint density at radius 2 is 2.14 bits per heavy atom. The Morgan fingerprint density at radius 3 is 2.90 bits per heavy atom. The molecule has 0 aliphatic carbocycles. The summed E-state index contributed by atoms with van der Waals surface area (Å²) in [5, 5.41) is 3.88. The lowest BCUT2D eigenvalue weighted by Crippen LogP contribution is -2.52. The largest absolute Gasteiger partial charge is 0.451 e. The number of benzene rings is 1. The van der Waals surface area contributed by atoms with Crippen LogP contribution in [0.5, 0.6) is 0 Å². The van der Waals surface area contributed by atoms with Gasteiger partial charge in [-0.25, -0.2) is 0 Å². The maximum atomic E-state index is 12.5. The van der Waals surface area contributed by atoms with Gasteiger partial charge < -0.3 is 14.6 Å². The summed E-state index contributed by atoms with van der Waals surface area (Å²) in [7, 11) is 0. The minimum atomic E-state index is -0.0673. The quantitative estimate of drug-likeness (QED) is 0.927. The molecule has 1 atom stereocenters. The Bertz CT molecular complexity index is 653. The fraction of sp³-hybridized carbons (Fsp3) is 0.312. The summed E-state index contributed by atoms with van der Waals surface area (Å²) in [5.74, 6) is 0.910. The third-order valence-electron chi connectivity index (χ3n) is 3.72. The van der Waals surface area contributed by atoms with E-state index in [9.17, 15) is 4.79 Å². The summed E-state index contributed by atoms with van der Waals surface area (Å²) in [4.78, 5) is 14.4. The van der Waals surface area contributed by atoms with Crippen LogP contribution in [0.4, 0.5) is 0 Å². The number of halogens is 1. The summed E-state index contributed by atoms with van der Waals surface area (Å²) in [6.07, 6.45) is 0. The van der Waals surface area contributed by atoms with E-state index in [2.05, 4.69) is 5.32 Å². The molecule has 0 radical (unpaired) electrons. The summed E-state index contributed by atoms with van der Waals surface area (Å²) >= 11 is 6.16. The topological polar surface area (TPSA) is 45.5 Å². The van der Waals surface area contributed by atoms with Crippen LogP contribution in [-0.2, 0) is 0 Å². The predicted molar refractivity (Wildman–Crippen MR) is 82.5 cm³/mol. The van der Waals surface area contributed by atoms with Crippen LogP contribution >= 0.6 is 11.6 Å². The highest BCUT2D eigenvalue weighted by Crippen LogP contribution is 2.29. The molecule has 2 aromatic rings. The first kappa shape index (κ1) is 14.2. The van der Waals surface area contributed by atoms with E-state index in [-0.39, 0.29) is 11.9 Å². The van der Waals surface area contributed by atoms with Crippen molar-refractivity contribution in [3.63, 3.8) is 0 Å². The zero-order valence-corrected chi connectivity index (χ0v) is 12.6. The minimum absolute atomic E-state index is 0.0673. The van der Waals surface area contributed by atoms with Gasteiger partial charge in [-0.05, 0) is 31.2 Å². The van der Waals surface area contributed by atoms with Gasteiger partial charge in [-0.3, -0.25) is 4.79 Å². The van der Waals surface area contributed by atoms with Crippen LogP contribution in [0.1, 0.15) is 17.5 Å². The second kappa shape index (κ2) is 5.92. The van der Waals surface area contributed by atoms with E-state index in [1.54, 1.807) is 18.2 Å². The lowest BCUT2D eigenvalue weighted by molar-refractivity contribution is 0.0624. The number of rotatable bonds is 2. The fourth-order valence-electron chi connectivity index (χ4n) is 2.54. The minimum Gasteiger partial charge on any atom is -0.451 e. The Kier molecular flexibility index (Phi) is 3.99. The van der Waals surface area contributed by atoms with E-state index in [1.165, 1.54) is 0 Å². The van der Waals surface area contributed by atoms with Crippen molar-refractivity contribution >= 4 is 17.5 Å². The summed E-state index contributed by atoms with van der Waals surface area (Å²) in [6.45, 7) is 4.35. The third-order valence-corrected chi connectivity index (χ3v) is 4.05. The molecule has 1 fully saturated rings. The average Bonchev–Trinajstić information content (AvgIpc) is 2.97. The molecule has 1 N–H and O–H groups in total. The normalized spacial score (nSPS) is 18.8. The number of amides is 1. The molecule has 1 aliphatic heterocycles. The molecule has 1 amide bonds. The van der Waals surface area contributed by atoms with Gasteiger partial charge in [0.1, 0.15) is 5.76 Å². The van der Waals surface area contributed by atoms with Gasteiger partial charge in [-0.15, -0.1) is 0 Å². The summed E-state index contributed by atoms with van der Waals surface area (Å²) < 4.78 is 5.72. The molecule has 3 rings (SSSR count). The monoisotopic (exact) mass is 304 g/mol. The summed E-state index contributed by atoms with van der Waals surface area (Å²) in [6, 6.07) is 11.1. The van der Waals surface area contributed by atoms with Gasteiger partial charge in [0.2, 0.25) is 0 Å². The van der Waals surface area contributed by atoms with Gasteiger partial charge in [0, 0.05) is 31.2 Å². The van der Waals surface area contributed by atoms with E-state index < -0.39 is 0 Å². The first-order valence-electron chi connectivity index (χ1n) is 7.03. The van der Waals surface area contributed by atoms with E-state index in [0.29, 0.717) is 23.1 Å². The molecule has 1 aromatic carbocycles. The van der Waals surface area contributed by atoms with Gasteiger partial charge in [0.15, 0.2) is 5.76 Å². The maximum Gasteiger partial charge on any atom is 0.289 e. The van der Waals surface area contributed by atoms with Gasteiger partial charge in [0.25, 0.3) is 5.91 Å². The van der Waals surface area contributed by atoms with E-state index >= 15 is 0 Å². The lowest BCUT2D eigenvalue weighted by atomic mass is 10.2. The SMILES string of the molecule is C[C@H]1CNCCN1C(=O)c1ccc(-c2ccccc2Cl)o1. The predicted octanol–water partition coefficient (Wildman–Crippen LogP) is 3.03. The zero-order valence-electron chi connectivity index (χ0n) is 11.8. The number of carbonyl (C=O) groups is 1. The van der Waals surface area contributed by atoms with Crippen molar-refractivity contribution in [2.24, 2.45) is 0 Å². The van der Waals surface area contributed by atoms with E-state index in [1.807, 2.05) is 30.0 Å². The van der Waals surface area contributed by atoms with Crippen molar-refractivity contribution in [3.8, 4) is 11.3 Å². The molecule has 0 unspecified atom stereocenters. The van der Waals surface area contributed by atoms with Crippen LogP contribution in [-0.4, -0.2) is 36.5 Å². The Balaban J connectivity index is 1.85. The molecule has 2 heterocycles. The molecule has 1 saturated heterocycles. The third kappa shape index (κ3) is 2.82.